The summed E-state index contributed by atoms with van der Waals surface area (Å²) in [5.74, 6) is 0.149. The van der Waals surface area contributed by atoms with Crippen LogP contribution in [0.4, 0.5) is 11.4 Å². The average Bonchev–Trinajstić information content (AvgIpc) is 2.61. The molecule has 5 nitrogen and oxygen atoms in total. The summed E-state index contributed by atoms with van der Waals surface area (Å²) in [5, 5.41) is 2.90. The van der Waals surface area contributed by atoms with E-state index in [9.17, 15) is 13.2 Å². The van der Waals surface area contributed by atoms with E-state index in [4.69, 9.17) is 0 Å². The van der Waals surface area contributed by atoms with Gasteiger partial charge in [-0.2, -0.15) is 0 Å². The normalized spacial score (nSPS) is 16.3. The molecule has 1 amide bonds. The molecule has 1 saturated heterocycles. The van der Waals surface area contributed by atoms with Crippen molar-refractivity contribution in [2.75, 3.05) is 21.9 Å². The van der Waals surface area contributed by atoms with Gasteiger partial charge in [0.25, 0.3) is 0 Å². The first kappa shape index (κ1) is 18.5. The van der Waals surface area contributed by atoms with Crippen LogP contribution in [0, 0.1) is 6.92 Å². The van der Waals surface area contributed by atoms with E-state index in [1.54, 1.807) is 12.1 Å². The number of aryl methyl sites for hydroxylation is 2. The Morgan fingerprint density at radius 3 is 2.58 bits per heavy atom. The van der Waals surface area contributed by atoms with Gasteiger partial charge in [-0.15, -0.1) is 0 Å². The van der Waals surface area contributed by atoms with Gasteiger partial charge in [-0.05, 0) is 55.5 Å². The molecule has 3 rings (SSSR count). The van der Waals surface area contributed by atoms with E-state index in [-0.39, 0.29) is 11.7 Å². The van der Waals surface area contributed by atoms with Crippen molar-refractivity contribution in [3.8, 4) is 0 Å². The van der Waals surface area contributed by atoms with Gasteiger partial charge in [-0.1, -0.05) is 30.3 Å². The topological polar surface area (TPSA) is 66.5 Å². The smallest absolute Gasteiger partial charge is 0.235 e. The second-order valence-corrected chi connectivity index (χ2v) is 8.64. The van der Waals surface area contributed by atoms with Gasteiger partial charge < -0.3 is 5.32 Å². The maximum Gasteiger partial charge on any atom is 0.235 e. The second-order valence-electron chi connectivity index (χ2n) is 6.63. The molecule has 0 spiro atoms. The van der Waals surface area contributed by atoms with Gasteiger partial charge in [0.1, 0.15) is 0 Å². The van der Waals surface area contributed by atoms with Crippen LogP contribution in [-0.4, -0.2) is 26.6 Å². The predicted molar refractivity (Wildman–Crippen MR) is 105 cm³/mol. The third kappa shape index (κ3) is 4.43. The molecule has 0 bridgehead atoms. The zero-order chi connectivity index (χ0) is 18.6. The van der Waals surface area contributed by atoms with E-state index in [1.807, 2.05) is 43.3 Å². The monoisotopic (exact) mass is 372 g/mol. The zero-order valence-corrected chi connectivity index (χ0v) is 15.8. The Bertz CT molecular complexity index is 879. The second kappa shape index (κ2) is 7.91. The van der Waals surface area contributed by atoms with Crippen molar-refractivity contribution in [2.24, 2.45) is 0 Å². The van der Waals surface area contributed by atoms with Crippen molar-refractivity contribution in [2.45, 2.75) is 32.6 Å². The summed E-state index contributed by atoms with van der Waals surface area (Å²) >= 11 is 0. The number of hydrogen-bond acceptors (Lipinski definition) is 3. The molecule has 1 heterocycles. The van der Waals surface area contributed by atoms with E-state index in [0.717, 1.165) is 17.5 Å². The third-order valence-corrected chi connectivity index (χ3v) is 6.44. The van der Waals surface area contributed by atoms with Gasteiger partial charge >= 0.3 is 0 Å². The van der Waals surface area contributed by atoms with Crippen molar-refractivity contribution in [3.63, 3.8) is 0 Å². The lowest BCUT2D eigenvalue weighted by molar-refractivity contribution is -0.116. The molecule has 0 saturated carbocycles. The Morgan fingerprint density at radius 2 is 1.88 bits per heavy atom. The maximum absolute atomic E-state index is 12.3. The number of hydrogen-bond donors (Lipinski definition) is 1. The fourth-order valence-corrected chi connectivity index (χ4v) is 4.90. The Kier molecular flexibility index (Phi) is 5.61. The van der Waals surface area contributed by atoms with Crippen LogP contribution in [0.25, 0.3) is 0 Å². The SMILES string of the molecule is Cc1cc(NC(=O)CCc2ccccc2)ccc1N1CCCCS1(=O)=O. The molecule has 2 aromatic carbocycles. The number of benzene rings is 2. The molecule has 26 heavy (non-hydrogen) atoms. The van der Waals surface area contributed by atoms with Crippen LogP contribution < -0.4 is 9.62 Å². The minimum atomic E-state index is -3.23. The highest BCUT2D eigenvalue weighted by Gasteiger charge is 2.27. The molecule has 2 aromatic rings. The summed E-state index contributed by atoms with van der Waals surface area (Å²) < 4.78 is 26.0. The number of anilines is 2. The summed E-state index contributed by atoms with van der Waals surface area (Å²) in [7, 11) is -3.23. The van der Waals surface area contributed by atoms with E-state index >= 15 is 0 Å². The number of carbonyl (C=O) groups excluding carboxylic acids is 1. The van der Waals surface area contributed by atoms with E-state index in [0.29, 0.717) is 37.2 Å². The maximum atomic E-state index is 12.3. The van der Waals surface area contributed by atoms with Gasteiger partial charge in [-0.25, -0.2) is 8.42 Å². The predicted octanol–water partition coefficient (Wildman–Crippen LogP) is 3.50. The highest BCUT2D eigenvalue weighted by molar-refractivity contribution is 7.92. The van der Waals surface area contributed by atoms with Gasteiger partial charge in [0.15, 0.2) is 0 Å². The van der Waals surface area contributed by atoms with Crippen molar-refractivity contribution in [1.82, 2.24) is 0 Å². The molecular formula is C20H24N2O3S. The van der Waals surface area contributed by atoms with Gasteiger partial charge in [-0.3, -0.25) is 9.10 Å². The molecule has 1 N–H and O–H groups in total. The minimum Gasteiger partial charge on any atom is -0.326 e. The molecule has 6 heteroatoms. The zero-order valence-electron chi connectivity index (χ0n) is 14.9. The number of rotatable bonds is 5. The molecule has 0 atom stereocenters. The average molecular weight is 372 g/mol. The summed E-state index contributed by atoms with van der Waals surface area (Å²) in [5.41, 5.74) is 3.37. The van der Waals surface area contributed by atoms with E-state index in [1.165, 1.54) is 4.31 Å². The molecule has 138 valence electrons. The van der Waals surface area contributed by atoms with Crippen LogP contribution in [0.2, 0.25) is 0 Å². The lowest BCUT2D eigenvalue weighted by atomic mass is 10.1. The van der Waals surface area contributed by atoms with Crippen LogP contribution in [0.3, 0.4) is 0 Å². The Hall–Kier alpha value is -2.34. The molecule has 1 fully saturated rings. The van der Waals surface area contributed by atoms with Gasteiger partial charge in [0.05, 0.1) is 11.4 Å². The van der Waals surface area contributed by atoms with Crippen LogP contribution in [-0.2, 0) is 21.2 Å². The van der Waals surface area contributed by atoms with E-state index in [2.05, 4.69) is 5.32 Å². The van der Waals surface area contributed by atoms with Gasteiger partial charge in [0, 0.05) is 18.7 Å². The summed E-state index contributed by atoms with van der Waals surface area (Å²) in [4.78, 5) is 12.2. The van der Waals surface area contributed by atoms with Crippen LogP contribution in [0.5, 0.6) is 0 Å². The van der Waals surface area contributed by atoms with Crippen LogP contribution in [0.1, 0.15) is 30.4 Å². The van der Waals surface area contributed by atoms with Crippen molar-refractivity contribution in [1.29, 1.82) is 0 Å². The standard InChI is InChI=1S/C20H24N2O3S/c1-16-15-18(21-20(23)12-9-17-7-3-2-4-8-17)10-11-19(16)22-13-5-6-14-26(22,24)25/h2-4,7-8,10-11,15H,5-6,9,12-14H2,1H3,(H,21,23). The molecule has 0 radical (unpaired) electrons. The number of carbonyl (C=O) groups is 1. The fraction of sp³-hybridized carbons (Fsp3) is 0.350. The molecule has 1 aliphatic heterocycles. The molecular weight excluding hydrogens is 348 g/mol. The lowest BCUT2D eigenvalue weighted by Crippen LogP contribution is -2.38. The Balaban J connectivity index is 1.65. The molecule has 0 unspecified atom stereocenters. The highest BCUT2D eigenvalue weighted by atomic mass is 32.2. The quantitative estimate of drug-likeness (QED) is 0.874. The summed E-state index contributed by atoms with van der Waals surface area (Å²) in [6.07, 6.45) is 2.69. The summed E-state index contributed by atoms with van der Waals surface area (Å²) in [6, 6.07) is 15.3. The minimum absolute atomic E-state index is 0.0494. The third-order valence-electron chi connectivity index (χ3n) is 4.58. The Labute approximate surface area is 155 Å². The number of amides is 1. The fourth-order valence-electron chi connectivity index (χ4n) is 3.20. The van der Waals surface area contributed by atoms with Crippen molar-refractivity contribution < 1.29 is 13.2 Å². The number of nitrogens with zero attached hydrogens (tertiary/aromatic N) is 1. The highest BCUT2D eigenvalue weighted by Crippen LogP contribution is 2.29. The number of nitrogens with one attached hydrogen (secondary N) is 1. The lowest BCUT2D eigenvalue weighted by Gasteiger charge is -2.29. The van der Waals surface area contributed by atoms with Gasteiger partial charge in [0.2, 0.25) is 15.9 Å². The Morgan fingerprint density at radius 1 is 1.12 bits per heavy atom. The van der Waals surface area contributed by atoms with Crippen molar-refractivity contribution >= 4 is 27.3 Å². The van der Waals surface area contributed by atoms with Crippen LogP contribution >= 0.6 is 0 Å². The van der Waals surface area contributed by atoms with E-state index < -0.39 is 10.0 Å². The largest absolute Gasteiger partial charge is 0.326 e. The number of sulfonamides is 1. The molecule has 0 aromatic heterocycles. The van der Waals surface area contributed by atoms with Crippen molar-refractivity contribution in [3.05, 3.63) is 59.7 Å². The molecule has 1 aliphatic rings. The first-order chi connectivity index (χ1) is 12.5. The first-order valence-electron chi connectivity index (χ1n) is 8.90. The molecule has 0 aliphatic carbocycles. The first-order valence-corrected chi connectivity index (χ1v) is 10.5. The van der Waals surface area contributed by atoms with Crippen LogP contribution in [0.15, 0.2) is 48.5 Å². The summed E-state index contributed by atoms with van der Waals surface area (Å²) in [6.45, 7) is 2.39.